The number of carbonyl (C=O) groups is 1. The highest BCUT2D eigenvalue weighted by atomic mass is 127. The van der Waals surface area contributed by atoms with E-state index >= 15 is 0 Å². The first-order valence-corrected chi connectivity index (χ1v) is 8.41. The summed E-state index contributed by atoms with van der Waals surface area (Å²) in [6, 6.07) is 0. The molecule has 0 amide bonds. The standard InChI is InChI=1S/C13H16F7IO5/c1-4-7(21)8(22)25-9-10(14,15)6(2)26-12(11(9,16)17,13(18,19)20)24-5-23-3/h6-7,9H,4-5H2,1-3H3. The molecular formula is C13H16F7IO5. The Bertz CT molecular complexity index is 516. The van der Waals surface area contributed by atoms with Crippen molar-refractivity contribution >= 4 is 28.6 Å². The Balaban J connectivity index is 3.46. The van der Waals surface area contributed by atoms with Crippen LogP contribution in [0.25, 0.3) is 0 Å². The molecule has 4 atom stereocenters. The minimum atomic E-state index is -5.95. The van der Waals surface area contributed by atoms with Gasteiger partial charge in [0.25, 0.3) is 0 Å². The van der Waals surface area contributed by atoms with Crippen LogP contribution in [0.2, 0.25) is 0 Å². The molecule has 0 aromatic rings. The van der Waals surface area contributed by atoms with Gasteiger partial charge in [0.15, 0.2) is 0 Å². The molecule has 5 nitrogen and oxygen atoms in total. The zero-order chi connectivity index (χ0) is 20.6. The van der Waals surface area contributed by atoms with E-state index in [4.69, 9.17) is 0 Å². The van der Waals surface area contributed by atoms with Crippen LogP contribution in [0.15, 0.2) is 0 Å². The van der Waals surface area contributed by atoms with E-state index in [9.17, 15) is 35.5 Å². The van der Waals surface area contributed by atoms with Gasteiger partial charge in [0.2, 0.25) is 6.10 Å². The van der Waals surface area contributed by atoms with Gasteiger partial charge in [-0.05, 0) is 13.3 Å². The van der Waals surface area contributed by atoms with Gasteiger partial charge in [-0.25, -0.2) is 0 Å². The molecule has 1 saturated heterocycles. The van der Waals surface area contributed by atoms with Crippen LogP contribution in [0.3, 0.4) is 0 Å². The second-order valence-corrected chi connectivity index (χ2v) is 6.92. The molecule has 0 bridgehead atoms. The van der Waals surface area contributed by atoms with Crippen molar-refractivity contribution in [2.24, 2.45) is 0 Å². The Kier molecular flexibility index (Phi) is 7.19. The molecule has 0 spiro atoms. The summed E-state index contributed by atoms with van der Waals surface area (Å²) in [5, 5.41) is 0. The number of carbonyl (C=O) groups excluding carboxylic acids is 1. The number of hydrogen-bond donors (Lipinski definition) is 0. The van der Waals surface area contributed by atoms with E-state index < -0.39 is 52.7 Å². The van der Waals surface area contributed by atoms with Crippen LogP contribution >= 0.6 is 22.6 Å². The third-order valence-electron chi connectivity index (χ3n) is 3.60. The fraction of sp³-hybridized carbons (Fsp3) is 0.923. The average Bonchev–Trinajstić information content (AvgIpc) is 2.52. The molecular weight excluding hydrogens is 496 g/mol. The Labute approximate surface area is 157 Å². The molecule has 1 fully saturated rings. The molecule has 26 heavy (non-hydrogen) atoms. The molecule has 0 aliphatic carbocycles. The largest absolute Gasteiger partial charge is 0.450 e. The number of esters is 1. The summed E-state index contributed by atoms with van der Waals surface area (Å²) in [5.41, 5.74) is 0. The number of methoxy groups -OCH3 is 1. The monoisotopic (exact) mass is 512 g/mol. The van der Waals surface area contributed by atoms with Gasteiger partial charge in [-0.2, -0.15) is 30.7 Å². The van der Waals surface area contributed by atoms with Crippen molar-refractivity contribution in [2.75, 3.05) is 13.9 Å². The molecule has 0 aromatic heterocycles. The minimum absolute atomic E-state index is 0.0277. The van der Waals surface area contributed by atoms with E-state index in [-0.39, 0.29) is 6.42 Å². The lowest BCUT2D eigenvalue weighted by Crippen LogP contribution is -2.77. The number of rotatable bonds is 6. The number of hydrogen-bond acceptors (Lipinski definition) is 5. The second-order valence-electron chi connectivity index (χ2n) is 5.42. The van der Waals surface area contributed by atoms with E-state index in [1.54, 1.807) is 0 Å². The molecule has 13 heteroatoms. The number of ether oxygens (including phenoxy) is 4. The Morgan fingerprint density at radius 2 is 1.81 bits per heavy atom. The summed E-state index contributed by atoms with van der Waals surface area (Å²) < 4.78 is 113. The maximum Gasteiger partial charge on any atom is 0.450 e. The summed E-state index contributed by atoms with van der Waals surface area (Å²) in [6.07, 6.45) is -12.4. The average molecular weight is 512 g/mol. The topological polar surface area (TPSA) is 54.0 Å². The molecule has 1 heterocycles. The van der Waals surface area contributed by atoms with Crippen molar-refractivity contribution in [3.05, 3.63) is 0 Å². The quantitative estimate of drug-likeness (QED) is 0.179. The molecule has 1 aliphatic heterocycles. The zero-order valence-electron chi connectivity index (χ0n) is 13.7. The van der Waals surface area contributed by atoms with E-state index in [2.05, 4.69) is 18.9 Å². The normalized spacial score (nSPS) is 32.1. The van der Waals surface area contributed by atoms with Crippen LogP contribution in [0.5, 0.6) is 0 Å². The lowest BCUT2D eigenvalue weighted by atomic mass is 9.90. The van der Waals surface area contributed by atoms with Gasteiger partial charge in [-0.1, -0.05) is 29.5 Å². The van der Waals surface area contributed by atoms with Crippen molar-refractivity contribution in [3.63, 3.8) is 0 Å². The zero-order valence-corrected chi connectivity index (χ0v) is 15.9. The van der Waals surface area contributed by atoms with Gasteiger partial charge in [0, 0.05) is 7.11 Å². The van der Waals surface area contributed by atoms with Crippen molar-refractivity contribution in [1.82, 2.24) is 0 Å². The minimum Gasteiger partial charge on any atom is -0.448 e. The van der Waals surface area contributed by atoms with Crippen LogP contribution in [0.4, 0.5) is 30.7 Å². The van der Waals surface area contributed by atoms with Crippen LogP contribution in [-0.2, 0) is 23.7 Å². The van der Waals surface area contributed by atoms with Crippen LogP contribution in [-0.4, -0.2) is 59.8 Å². The summed E-state index contributed by atoms with van der Waals surface area (Å²) in [5.74, 6) is -16.4. The molecule has 0 radical (unpaired) electrons. The second kappa shape index (κ2) is 7.91. The predicted octanol–water partition coefficient (Wildman–Crippen LogP) is 3.68. The van der Waals surface area contributed by atoms with Crippen molar-refractivity contribution in [1.29, 1.82) is 0 Å². The van der Waals surface area contributed by atoms with Crippen molar-refractivity contribution < 1.29 is 54.5 Å². The summed E-state index contributed by atoms with van der Waals surface area (Å²) in [6.45, 7) is 0.537. The van der Waals surface area contributed by atoms with E-state index in [0.717, 1.165) is 7.11 Å². The number of halogens is 8. The Morgan fingerprint density at radius 3 is 2.23 bits per heavy atom. The van der Waals surface area contributed by atoms with Crippen molar-refractivity contribution in [3.8, 4) is 0 Å². The SMILES string of the molecule is CCC(I)C(=O)OC1C(F)(F)C(C)OC(OCOC)(C(F)(F)F)C1(F)F. The van der Waals surface area contributed by atoms with Crippen LogP contribution < -0.4 is 0 Å². The smallest absolute Gasteiger partial charge is 0.448 e. The predicted molar refractivity (Wildman–Crippen MR) is 80.2 cm³/mol. The first-order valence-electron chi connectivity index (χ1n) is 7.16. The van der Waals surface area contributed by atoms with Gasteiger partial charge in [0.05, 0.1) is 0 Å². The fourth-order valence-corrected chi connectivity index (χ4v) is 2.30. The van der Waals surface area contributed by atoms with E-state index in [1.165, 1.54) is 29.5 Å². The van der Waals surface area contributed by atoms with Gasteiger partial charge in [-0.3, -0.25) is 4.79 Å². The highest BCUT2D eigenvalue weighted by Crippen LogP contribution is 2.56. The Morgan fingerprint density at radius 1 is 1.27 bits per heavy atom. The molecule has 1 aliphatic rings. The molecule has 154 valence electrons. The molecule has 4 unspecified atom stereocenters. The van der Waals surface area contributed by atoms with Gasteiger partial charge >= 0.3 is 29.8 Å². The van der Waals surface area contributed by atoms with E-state index in [1.807, 2.05) is 0 Å². The summed E-state index contributed by atoms with van der Waals surface area (Å²) in [4.78, 5) is 11.7. The lowest BCUT2D eigenvalue weighted by molar-refractivity contribution is -0.508. The fourth-order valence-electron chi connectivity index (χ4n) is 2.15. The first-order chi connectivity index (χ1) is 11.7. The third kappa shape index (κ3) is 3.90. The van der Waals surface area contributed by atoms with E-state index in [0.29, 0.717) is 6.92 Å². The Hall–Kier alpha value is -0.410. The van der Waals surface area contributed by atoms with Gasteiger partial charge in [0.1, 0.15) is 16.8 Å². The van der Waals surface area contributed by atoms with Crippen LogP contribution in [0.1, 0.15) is 20.3 Å². The maximum atomic E-state index is 14.6. The third-order valence-corrected chi connectivity index (χ3v) is 4.99. The highest BCUT2D eigenvalue weighted by molar-refractivity contribution is 14.1. The molecule has 1 rings (SSSR count). The summed E-state index contributed by atoms with van der Waals surface area (Å²) in [7, 11) is 0.836. The van der Waals surface area contributed by atoms with Gasteiger partial charge in [-0.15, -0.1) is 0 Å². The lowest BCUT2D eigenvalue weighted by Gasteiger charge is -2.50. The molecule has 0 saturated carbocycles. The van der Waals surface area contributed by atoms with Gasteiger partial charge < -0.3 is 18.9 Å². The summed E-state index contributed by atoms with van der Waals surface area (Å²) >= 11 is 1.44. The molecule has 0 N–H and O–H groups in total. The number of alkyl halides is 8. The van der Waals surface area contributed by atoms with Crippen molar-refractivity contribution in [2.45, 2.75) is 60.2 Å². The highest BCUT2D eigenvalue weighted by Gasteiger charge is 2.84. The molecule has 0 aromatic carbocycles. The maximum absolute atomic E-state index is 14.6. The first kappa shape index (κ1) is 23.6. The van der Waals surface area contributed by atoms with Crippen LogP contribution in [0, 0.1) is 0 Å².